The Balaban J connectivity index is 0.00000312. The lowest BCUT2D eigenvalue weighted by Gasteiger charge is -2.21. The standard InChI is InChI=1S/C16H23N5O2S.HI/c1-16(2,3)21-13(22)9-19-15(17-4)18-8-11-10-23-14(20-11)12-6-5-7-24-12;/h5-7,10H,8-9H2,1-4H3,(H,21,22)(H2,17,18,19);1H. The summed E-state index contributed by atoms with van der Waals surface area (Å²) in [5.74, 6) is 1.04. The lowest BCUT2D eigenvalue weighted by molar-refractivity contribution is -0.121. The Hall–Kier alpha value is -1.62. The summed E-state index contributed by atoms with van der Waals surface area (Å²) in [4.78, 5) is 21.3. The Morgan fingerprint density at radius 3 is 2.72 bits per heavy atom. The average molecular weight is 477 g/mol. The van der Waals surface area contributed by atoms with Gasteiger partial charge in [0.05, 0.1) is 23.7 Å². The van der Waals surface area contributed by atoms with E-state index in [2.05, 4.69) is 25.9 Å². The van der Waals surface area contributed by atoms with E-state index in [-0.39, 0.29) is 42.0 Å². The molecule has 0 radical (unpaired) electrons. The molecule has 7 nitrogen and oxygen atoms in total. The number of amides is 1. The SMILES string of the molecule is CN=C(NCC(=O)NC(C)(C)C)NCc1coc(-c2cccs2)n1.I. The maximum Gasteiger partial charge on any atom is 0.239 e. The van der Waals surface area contributed by atoms with Crippen molar-refractivity contribution in [3.63, 3.8) is 0 Å². The average Bonchev–Trinajstić information content (AvgIpc) is 3.16. The zero-order valence-corrected chi connectivity index (χ0v) is 17.9. The van der Waals surface area contributed by atoms with Gasteiger partial charge in [0, 0.05) is 12.6 Å². The van der Waals surface area contributed by atoms with Crippen molar-refractivity contribution in [2.75, 3.05) is 13.6 Å². The van der Waals surface area contributed by atoms with Gasteiger partial charge in [0.15, 0.2) is 5.96 Å². The van der Waals surface area contributed by atoms with Crippen LogP contribution in [0, 0.1) is 0 Å². The summed E-state index contributed by atoms with van der Waals surface area (Å²) in [5.41, 5.74) is 0.509. The highest BCUT2D eigenvalue weighted by Crippen LogP contribution is 2.23. The minimum absolute atomic E-state index is 0. The number of thiophene rings is 1. The van der Waals surface area contributed by atoms with E-state index < -0.39 is 0 Å². The van der Waals surface area contributed by atoms with Crippen LogP contribution in [0.1, 0.15) is 26.5 Å². The molecule has 1 amide bonds. The number of aromatic nitrogens is 1. The minimum atomic E-state index is -0.255. The number of carbonyl (C=O) groups excluding carboxylic acids is 1. The van der Waals surface area contributed by atoms with Crippen LogP contribution in [-0.2, 0) is 11.3 Å². The van der Waals surface area contributed by atoms with Crippen molar-refractivity contribution in [3.05, 3.63) is 29.5 Å². The quantitative estimate of drug-likeness (QED) is 0.350. The molecule has 0 spiro atoms. The first-order valence-electron chi connectivity index (χ1n) is 7.61. The lowest BCUT2D eigenvalue weighted by atomic mass is 10.1. The van der Waals surface area contributed by atoms with Gasteiger partial charge in [0.25, 0.3) is 0 Å². The van der Waals surface area contributed by atoms with Gasteiger partial charge < -0.3 is 20.4 Å². The minimum Gasteiger partial charge on any atom is -0.443 e. The molecule has 25 heavy (non-hydrogen) atoms. The molecule has 0 saturated carbocycles. The molecule has 0 saturated heterocycles. The largest absolute Gasteiger partial charge is 0.443 e. The number of hydrogen-bond acceptors (Lipinski definition) is 5. The summed E-state index contributed by atoms with van der Waals surface area (Å²) >= 11 is 1.58. The Labute approximate surface area is 168 Å². The Bertz CT molecular complexity index is 692. The summed E-state index contributed by atoms with van der Waals surface area (Å²) in [6.07, 6.45) is 1.61. The topological polar surface area (TPSA) is 91.5 Å². The third-order valence-electron chi connectivity index (χ3n) is 2.88. The summed E-state index contributed by atoms with van der Waals surface area (Å²) in [6.45, 7) is 6.42. The molecule has 2 heterocycles. The molecule has 9 heteroatoms. The third kappa shape index (κ3) is 7.43. The lowest BCUT2D eigenvalue weighted by Crippen LogP contribution is -2.48. The van der Waals surface area contributed by atoms with Crippen molar-refractivity contribution in [1.82, 2.24) is 20.9 Å². The van der Waals surface area contributed by atoms with Gasteiger partial charge in [-0.05, 0) is 32.2 Å². The van der Waals surface area contributed by atoms with Gasteiger partial charge in [-0.3, -0.25) is 9.79 Å². The van der Waals surface area contributed by atoms with E-state index in [0.717, 1.165) is 10.6 Å². The molecule has 2 aromatic heterocycles. The van der Waals surface area contributed by atoms with E-state index in [4.69, 9.17) is 4.42 Å². The predicted octanol–water partition coefficient (Wildman–Crippen LogP) is 2.60. The van der Waals surface area contributed by atoms with Crippen LogP contribution >= 0.6 is 35.3 Å². The Morgan fingerprint density at radius 1 is 1.36 bits per heavy atom. The molecule has 0 aromatic carbocycles. The molecule has 138 valence electrons. The van der Waals surface area contributed by atoms with Crippen molar-refractivity contribution in [1.29, 1.82) is 0 Å². The summed E-state index contributed by atoms with van der Waals surface area (Å²) in [7, 11) is 1.65. The molecule has 0 aliphatic heterocycles. The number of guanidine groups is 1. The van der Waals surface area contributed by atoms with Crippen LogP contribution in [0.15, 0.2) is 33.2 Å². The van der Waals surface area contributed by atoms with Crippen LogP contribution in [0.2, 0.25) is 0 Å². The van der Waals surface area contributed by atoms with E-state index in [1.54, 1.807) is 24.6 Å². The first-order valence-corrected chi connectivity index (χ1v) is 8.49. The second kappa shape index (κ2) is 9.76. The highest BCUT2D eigenvalue weighted by atomic mass is 127. The molecule has 0 aliphatic rings. The maximum atomic E-state index is 11.8. The fourth-order valence-corrected chi connectivity index (χ4v) is 2.58. The van der Waals surface area contributed by atoms with Crippen molar-refractivity contribution < 1.29 is 9.21 Å². The number of aliphatic imine (C=N–C) groups is 1. The van der Waals surface area contributed by atoms with Crippen LogP contribution in [0.4, 0.5) is 0 Å². The van der Waals surface area contributed by atoms with Gasteiger partial charge in [-0.25, -0.2) is 4.98 Å². The summed E-state index contributed by atoms with van der Waals surface area (Å²) in [5, 5.41) is 10.9. The zero-order valence-electron chi connectivity index (χ0n) is 14.8. The van der Waals surface area contributed by atoms with E-state index in [1.165, 1.54) is 0 Å². The van der Waals surface area contributed by atoms with Crippen molar-refractivity contribution >= 4 is 47.2 Å². The zero-order chi connectivity index (χ0) is 17.6. The monoisotopic (exact) mass is 477 g/mol. The fourth-order valence-electron chi connectivity index (χ4n) is 1.92. The van der Waals surface area contributed by atoms with E-state index in [0.29, 0.717) is 18.4 Å². The second-order valence-corrected chi connectivity index (χ2v) is 7.15. The molecular formula is C16H24IN5O2S. The molecule has 0 atom stereocenters. The van der Waals surface area contributed by atoms with Crippen LogP contribution < -0.4 is 16.0 Å². The van der Waals surface area contributed by atoms with Crippen molar-refractivity contribution in [2.24, 2.45) is 4.99 Å². The van der Waals surface area contributed by atoms with Gasteiger partial charge in [0.2, 0.25) is 11.8 Å². The number of oxazole rings is 1. The van der Waals surface area contributed by atoms with Gasteiger partial charge in [0.1, 0.15) is 6.26 Å². The van der Waals surface area contributed by atoms with Gasteiger partial charge in [-0.15, -0.1) is 35.3 Å². The highest BCUT2D eigenvalue weighted by Gasteiger charge is 2.14. The van der Waals surface area contributed by atoms with Crippen molar-refractivity contribution in [2.45, 2.75) is 32.9 Å². The number of nitrogens with zero attached hydrogens (tertiary/aromatic N) is 2. The van der Waals surface area contributed by atoms with Gasteiger partial charge in [-0.2, -0.15) is 0 Å². The van der Waals surface area contributed by atoms with Crippen LogP contribution in [0.25, 0.3) is 10.8 Å². The fraction of sp³-hybridized carbons (Fsp3) is 0.438. The second-order valence-electron chi connectivity index (χ2n) is 6.20. The van der Waals surface area contributed by atoms with Gasteiger partial charge >= 0.3 is 0 Å². The van der Waals surface area contributed by atoms with E-state index in [9.17, 15) is 4.79 Å². The Kier molecular flexibility index (Phi) is 8.36. The molecule has 0 bridgehead atoms. The number of rotatable bonds is 5. The summed E-state index contributed by atoms with van der Waals surface area (Å²) in [6, 6.07) is 3.92. The van der Waals surface area contributed by atoms with Gasteiger partial charge in [-0.1, -0.05) is 6.07 Å². The first-order chi connectivity index (χ1) is 11.4. The smallest absolute Gasteiger partial charge is 0.239 e. The molecule has 2 rings (SSSR count). The highest BCUT2D eigenvalue weighted by molar-refractivity contribution is 14.0. The first kappa shape index (κ1) is 21.4. The molecule has 2 aromatic rings. The van der Waals surface area contributed by atoms with Crippen LogP contribution in [0.3, 0.4) is 0 Å². The molecule has 0 unspecified atom stereocenters. The normalized spacial score (nSPS) is 11.6. The predicted molar refractivity (Wildman–Crippen MR) is 111 cm³/mol. The molecular weight excluding hydrogens is 453 g/mol. The number of carbonyl (C=O) groups is 1. The number of halogens is 1. The third-order valence-corrected chi connectivity index (χ3v) is 3.73. The molecule has 3 N–H and O–H groups in total. The van der Waals surface area contributed by atoms with E-state index in [1.807, 2.05) is 38.3 Å². The number of nitrogens with one attached hydrogen (secondary N) is 3. The maximum absolute atomic E-state index is 11.8. The van der Waals surface area contributed by atoms with Crippen LogP contribution in [-0.4, -0.2) is 36.0 Å². The molecule has 0 fully saturated rings. The summed E-state index contributed by atoms with van der Waals surface area (Å²) < 4.78 is 5.46. The number of hydrogen-bond donors (Lipinski definition) is 3. The Morgan fingerprint density at radius 2 is 2.12 bits per heavy atom. The van der Waals surface area contributed by atoms with E-state index >= 15 is 0 Å². The molecule has 0 aliphatic carbocycles. The van der Waals surface area contributed by atoms with Crippen LogP contribution in [0.5, 0.6) is 0 Å². The van der Waals surface area contributed by atoms with Crippen molar-refractivity contribution in [3.8, 4) is 10.8 Å².